The van der Waals surface area contributed by atoms with Gasteiger partial charge in [-0.1, -0.05) is 41.3 Å². The van der Waals surface area contributed by atoms with Crippen LogP contribution in [0.3, 0.4) is 0 Å². The molecule has 0 aliphatic rings. The Balaban J connectivity index is 1.56. The fourth-order valence-corrected chi connectivity index (χ4v) is 4.05. The number of hydrogen-bond donors (Lipinski definition) is 2. The second kappa shape index (κ2) is 8.99. The molecule has 0 bridgehead atoms. The zero-order valence-electron chi connectivity index (χ0n) is 15.8. The molecule has 0 saturated heterocycles. The SMILES string of the molecule is CC(=O)c1ccccc1NC(=O)CSc1nnc(Nc2ccc(C)c(C)c2)s1. The summed E-state index contributed by atoms with van der Waals surface area (Å²) in [5.41, 5.74) is 4.41. The van der Waals surface area contributed by atoms with E-state index >= 15 is 0 Å². The number of aryl methyl sites for hydroxylation is 2. The minimum Gasteiger partial charge on any atom is -0.330 e. The molecule has 0 saturated carbocycles. The Labute approximate surface area is 171 Å². The molecule has 0 atom stereocenters. The van der Waals surface area contributed by atoms with Gasteiger partial charge in [0.05, 0.1) is 11.4 Å². The Hall–Kier alpha value is -2.71. The van der Waals surface area contributed by atoms with Crippen LogP contribution in [0.2, 0.25) is 0 Å². The Morgan fingerprint density at radius 1 is 1.07 bits per heavy atom. The molecule has 1 amide bonds. The predicted octanol–water partition coefficient (Wildman–Crippen LogP) is 4.83. The van der Waals surface area contributed by atoms with Gasteiger partial charge >= 0.3 is 0 Å². The highest BCUT2D eigenvalue weighted by Gasteiger charge is 2.12. The van der Waals surface area contributed by atoms with E-state index in [9.17, 15) is 9.59 Å². The predicted molar refractivity (Wildman–Crippen MR) is 115 cm³/mol. The highest BCUT2D eigenvalue weighted by Crippen LogP contribution is 2.28. The maximum atomic E-state index is 12.2. The van der Waals surface area contributed by atoms with Crippen molar-refractivity contribution in [3.63, 3.8) is 0 Å². The van der Waals surface area contributed by atoms with Gasteiger partial charge in [0, 0.05) is 11.3 Å². The van der Waals surface area contributed by atoms with E-state index in [0.717, 1.165) is 5.69 Å². The summed E-state index contributed by atoms with van der Waals surface area (Å²) in [6, 6.07) is 13.1. The molecule has 3 aromatic rings. The van der Waals surface area contributed by atoms with Crippen LogP contribution < -0.4 is 10.6 Å². The molecule has 144 valence electrons. The molecule has 0 aliphatic carbocycles. The van der Waals surface area contributed by atoms with Gasteiger partial charge in [-0.3, -0.25) is 9.59 Å². The second-order valence-corrected chi connectivity index (χ2v) is 8.44. The van der Waals surface area contributed by atoms with Crippen molar-refractivity contribution in [2.45, 2.75) is 25.1 Å². The van der Waals surface area contributed by atoms with Crippen molar-refractivity contribution in [1.29, 1.82) is 0 Å². The van der Waals surface area contributed by atoms with Crippen molar-refractivity contribution in [3.05, 3.63) is 59.2 Å². The quantitative estimate of drug-likeness (QED) is 0.427. The number of ketones is 1. The van der Waals surface area contributed by atoms with E-state index in [1.165, 1.54) is 41.1 Å². The molecule has 0 aliphatic heterocycles. The van der Waals surface area contributed by atoms with Crippen molar-refractivity contribution in [2.75, 3.05) is 16.4 Å². The van der Waals surface area contributed by atoms with Crippen LogP contribution in [0.25, 0.3) is 0 Å². The number of benzene rings is 2. The molecule has 0 spiro atoms. The van der Waals surface area contributed by atoms with Crippen molar-refractivity contribution in [3.8, 4) is 0 Å². The summed E-state index contributed by atoms with van der Waals surface area (Å²) in [7, 11) is 0. The minimum absolute atomic E-state index is 0.0882. The van der Waals surface area contributed by atoms with E-state index in [2.05, 4.69) is 46.8 Å². The van der Waals surface area contributed by atoms with E-state index < -0.39 is 0 Å². The van der Waals surface area contributed by atoms with Crippen LogP contribution in [0.15, 0.2) is 46.8 Å². The van der Waals surface area contributed by atoms with Gasteiger partial charge in [-0.05, 0) is 56.2 Å². The second-order valence-electron chi connectivity index (χ2n) is 6.24. The van der Waals surface area contributed by atoms with Gasteiger partial charge in [0.25, 0.3) is 0 Å². The molecule has 2 aromatic carbocycles. The number of rotatable bonds is 7. The number of para-hydroxylation sites is 1. The molecular formula is C20H20N4O2S2. The van der Waals surface area contributed by atoms with E-state index in [0.29, 0.717) is 20.7 Å². The highest BCUT2D eigenvalue weighted by atomic mass is 32.2. The van der Waals surface area contributed by atoms with Gasteiger partial charge in [0.15, 0.2) is 10.1 Å². The topological polar surface area (TPSA) is 84.0 Å². The number of hydrogen-bond acceptors (Lipinski definition) is 7. The van der Waals surface area contributed by atoms with E-state index in [-0.39, 0.29) is 17.4 Å². The number of amides is 1. The number of thioether (sulfide) groups is 1. The van der Waals surface area contributed by atoms with Crippen LogP contribution in [-0.4, -0.2) is 27.6 Å². The van der Waals surface area contributed by atoms with Crippen LogP contribution in [0, 0.1) is 13.8 Å². The lowest BCUT2D eigenvalue weighted by Crippen LogP contribution is -2.16. The molecule has 28 heavy (non-hydrogen) atoms. The van der Waals surface area contributed by atoms with Gasteiger partial charge < -0.3 is 10.6 Å². The molecule has 6 nitrogen and oxygen atoms in total. The van der Waals surface area contributed by atoms with Gasteiger partial charge in [0.2, 0.25) is 11.0 Å². The van der Waals surface area contributed by atoms with Gasteiger partial charge in [-0.15, -0.1) is 10.2 Å². The first-order valence-electron chi connectivity index (χ1n) is 8.63. The van der Waals surface area contributed by atoms with Crippen LogP contribution in [0.4, 0.5) is 16.5 Å². The lowest BCUT2D eigenvalue weighted by Gasteiger charge is -2.08. The number of Topliss-reactive ketones (excluding diaryl/α,β-unsaturated/α-hetero) is 1. The molecule has 3 rings (SSSR count). The maximum Gasteiger partial charge on any atom is 0.234 e. The van der Waals surface area contributed by atoms with Crippen LogP contribution in [0.5, 0.6) is 0 Å². The first-order chi connectivity index (χ1) is 13.4. The van der Waals surface area contributed by atoms with E-state index in [4.69, 9.17) is 0 Å². The summed E-state index contributed by atoms with van der Waals surface area (Å²) < 4.78 is 0.696. The lowest BCUT2D eigenvalue weighted by molar-refractivity contribution is -0.113. The molecular weight excluding hydrogens is 392 g/mol. The van der Waals surface area contributed by atoms with Gasteiger partial charge in [-0.25, -0.2) is 0 Å². The average molecular weight is 413 g/mol. The molecule has 1 heterocycles. The molecule has 1 aromatic heterocycles. The van der Waals surface area contributed by atoms with Crippen LogP contribution >= 0.6 is 23.1 Å². The van der Waals surface area contributed by atoms with Crippen molar-refractivity contribution < 1.29 is 9.59 Å². The fourth-order valence-electron chi connectivity index (χ4n) is 2.47. The lowest BCUT2D eigenvalue weighted by atomic mass is 10.1. The molecule has 0 unspecified atom stereocenters. The standard InChI is InChI=1S/C20H20N4O2S2/c1-12-8-9-15(10-13(12)2)21-19-23-24-20(28-19)27-11-18(26)22-17-7-5-4-6-16(17)14(3)25/h4-10H,11H2,1-3H3,(H,21,23)(H,22,26). The molecule has 2 N–H and O–H groups in total. The average Bonchev–Trinajstić information content (AvgIpc) is 3.11. The van der Waals surface area contributed by atoms with Crippen LogP contribution in [-0.2, 0) is 4.79 Å². The number of aromatic nitrogens is 2. The van der Waals surface area contributed by atoms with Gasteiger partial charge in [0.1, 0.15) is 0 Å². The number of nitrogens with zero attached hydrogens (tertiary/aromatic N) is 2. The maximum absolute atomic E-state index is 12.2. The third-order valence-corrected chi connectivity index (χ3v) is 6.04. The first kappa shape index (κ1) is 20.0. The fraction of sp³-hybridized carbons (Fsp3) is 0.200. The third-order valence-electron chi connectivity index (χ3n) is 4.07. The minimum atomic E-state index is -0.197. The van der Waals surface area contributed by atoms with Crippen molar-refractivity contribution in [2.24, 2.45) is 0 Å². The highest BCUT2D eigenvalue weighted by molar-refractivity contribution is 8.01. The van der Waals surface area contributed by atoms with Crippen LogP contribution in [0.1, 0.15) is 28.4 Å². The monoisotopic (exact) mass is 412 g/mol. The number of anilines is 3. The summed E-state index contributed by atoms with van der Waals surface area (Å²) >= 11 is 2.70. The number of nitrogens with one attached hydrogen (secondary N) is 2. The smallest absolute Gasteiger partial charge is 0.234 e. The number of carbonyl (C=O) groups excluding carboxylic acids is 2. The van der Waals surface area contributed by atoms with Gasteiger partial charge in [-0.2, -0.15) is 0 Å². The zero-order chi connectivity index (χ0) is 20.1. The Kier molecular flexibility index (Phi) is 6.43. The number of carbonyl (C=O) groups is 2. The van der Waals surface area contributed by atoms with E-state index in [1.54, 1.807) is 24.3 Å². The Morgan fingerprint density at radius 3 is 2.61 bits per heavy atom. The van der Waals surface area contributed by atoms with Crippen molar-refractivity contribution in [1.82, 2.24) is 10.2 Å². The summed E-state index contributed by atoms with van der Waals surface area (Å²) in [6.07, 6.45) is 0. The zero-order valence-corrected chi connectivity index (χ0v) is 17.4. The normalized spacial score (nSPS) is 10.5. The molecule has 0 radical (unpaired) electrons. The van der Waals surface area contributed by atoms with E-state index in [1.807, 2.05) is 6.07 Å². The largest absolute Gasteiger partial charge is 0.330 e. The third kappa shape index (κ3) is 5.17. The first-order valence-corrected chi connectivity index (χ1v) is 10.4. The summed E-state index contributed by atoms with van der Waals surface area (Å²) in [4.78, 5) is 23.9. The van der Waals surface area contributed by atoms with Crippen molar-refractivity contribution >= 4 is 51.3 Å². The summed E-state index contributed by atoms with van der Waals surface area (Å²) in [5.74, 6) is -0.0999. The molecule has 0 fully saturated rings. The Morgan fingerprint density at radius 2 is 1.86 bits per heavy atom. The summed E-state index contributed by atoms with van der Waals surface area (Å²) in [6.45, 7) is 5.61. The summed E-state index contributed by atoms with van der Waals surface area (Å²) in [5, 5.41) is 14.9. The molecule has 8 heteroatoms. The Bertz CT molecular complexity index is 1020.